The molecule has 1 amide bonds. The number of nitrogens with one attached hydrogen (secondary N) is 1. The number of carbonyl (C=O) groups excluding carboxylic acids is 1. The number of carboxylic acids is 1. The molecule has 5 nitrogen and oxygen atoms in total. The van der Waals surface area contributed by atoms with E-state index in [0.29, 0.717) is 23.1 Å². The number of carbonyl (C=O) groups is 2. The minimum Gasteiger partial charge on any atom is -0.479 e. The molecular weight excluding hydrogens is 472 g/mol. The van der Waals surface area contributed by atoms with Gasteiger partial charge in [-0.15, -0.1) is 0 Å². The molecule has 2 aromatic carbocycles. The highest BCUT2D eigenvalue weighted by Gasteiger charge is 2.46. The Morgan fingerprint density at radius 2 is 1.91 bits per heavy atom. The molecule has 8 heteroatoms. The Kier molecular flexibility index (Phi) is 8.86. The minimum absolute atomic E-state index is 0.0692. The van der Waals surface area contributed by atoms with Gasteiger partial charge >= 0.3 is 5.97 Å². The van der Waals surface area contributed by atoms with Crippen molar-refractivity contribution in [1.29, 1.82) is 0 Å². The molecule has 1 aliphatic rings. The lowest BCUT2D eigenvalue weighted by atomic mass is 9.75. The van der Waals surface area contributed by atoms with Crippen LogP contribution in [0.5, 0.6) is 0 Å². The van der Waals surface area contributed by atoms with E-state index in [1.807, 2.05) is 6.92 Å². The average Bonchev–Trinajstić information content (AvgIpc) is 2.84. The van der Waals surface area contributed by atoms with Gasteiger partial charge in [0.2, 0.25) is 5.91 Å². The molecule has 2 aromatic rings. The van der Waals surface area contributed by atoms with E-state index in [9.17, 15) is 23.5 Å². The molecule has 0 bridgehead atoms. The third-order valence-electron chi connectivity index (χ3n) is 6.10. The number of benzene rings is 2. The van der Waals surface area contributed by atoms with Gasteiger partial charge < -0.3 is 15.2 Å². The number of rotatable bonds is 10. The summed E-state index contributed by atoms with van der Waals surface area (Å²) in [7, 11) is 0. The summed E-state index contributed by atoms with van der Waals surface area (Å²) in [6.07, 6.45) is 2.41. The van der Waals surface area contributed by atoms with E-state index in [2.05, 4.69) is 17.9 Å². The molecule has 1 aliphatic carbocycles. The summed E-state index contributed by atoms with van der Waals surface area (Å²) in [5, 5.41) is 12.2. The molecule has 0 aliphatic heterocycles. The molecule has 0 spiro atoms. The summed E-state index contributed by atoms with van der Waals surface area (Å²) in [4.78, 5) is 25.2. The molecule has 0 fully saturated rings. The quantitative estimate of drug-likeness (QED) is 0.402. The van der Waals surface area contributed by atoms with Crippen LogP contribution in [-0.2, 0) is 20.7 Å². The third-order valence-corrected chi connectivity index (χ3v) is 6.51. The second-order valence-electron chi connectivity index (χ2n) is 8.32. The zero-order chi connectivity index (χ0) is 25.6. The smallest absolute Gasteiger partial charge is 0.341 e. The van der Waals surface area contributed by atoms with Crippen molar-refractivity contribution in [3.8, 4) is 0 Å². The number of aliphatic carboxylic acids is 1. The first-order valence-electron chi connectivity index (χ1n) is 11.5. The highest BCUT2D eigenvalue weighted by molar-refractivity contribution is 7.81. The molecule has 186 valence electrons. The van der Waals surface area contributed by atoms with Crippen molar-refractivity contribution in [1.82, 2.24) is 5.32 Å². The van der Waals surface area contributed by atoms with Crippen LogP contribution < -0.4 is 5.32 Å². The van der Waals surface area contributed by atoms with Crippen LogP contribution >= 0.6 is 12.6 Å². The van der Waals surface area contributed by atoms with Gasteiger partial charge in [-0.25, -0.2) is 13.6 Å². The Labute approximate surface area is 209 Å². The van der Waals surface area contributed by atoms with Crippen LogP contribution in [0.2, 0.25) is 0 Å². The molecule has 2 unspecified atom stereocenters. The molecule has 2 atom stereocenters. The highest BCUT2D eigenvalue weighted by Crippen LogP contribution is 2.42. The van der Waals surface area contributed by atoms with Crippen LogP contribution in [0.4, 0.5) is 8.78 Å². The van der Waals surface area contributed by atoms with Crippen LogP contribution in [0.15, 0.2) is 65.8 Å². The number of halogens is 2. The van der Waals surface area contributed by atoms with Crippen LogP contribution in [0, 0.1) is 11.6 Å². The second kappa shape index (κ2) is 11.6. The number of hydrogen-bond acceptors (Lipinski definition) is 4. The molecule has 0 radical (unpaired) electrons. The molecule has 2 N–H and O–H groups in total. The van der Waals surface area contributed by atoms with Gasteiger partial charge in [0.15, 0.2) is 5.60 Å². The summed E-state index contributed by atoms with van der Waals surface area (Å²) >= 11 is 4.35. The standard InChI is InChI=1S/C27H29F2NO4S/c1-3-17-15-27(26(32)33,34-4-2)22(18-9-7-10-21(28)12-18)13-20(17)16-30-25(31)24(35)14-19-8-5-6-11-23(19)29/h5-13,24,35H,3-4,14-16H2,1-2H3,(H,30,31)(H,32,33). The molecule has 0 saturated heterocycles. The van der Waals surface area contributed by atoms with Crippen molar-refractivity contribution in [2.24, 2.45) is 0 Å². The van der Waals surface area contributed by atoms with Gasteiger partial charge in [0.25, 0.3) is 0 Å². The van der Waals surface area contributed by atoms with Crippen molar-refractivity contribution in [2.75, 3.05) is 13.2 Å². The third kappa shape index (κ3) is 6.00. The molecular formula is C27H29F2NO4S. The van der Waals surface area contributed by atoms with E-state index < -0.39 is 28.5 Å². The fourth-order valence-electron chi connectivity index (χ4n) is 4.30. The number of amides is 1. The maximum absolute atomic E-state index is 14.0. The van der Waals surface area contributed by atoms with Gasteiger partial charge in [-0.1, -0.05) is 42.8 Å². The van der Waals surface area contributed by atoms with Gasteiger partial charge in [0.05, 0.1) is 5.25 Å². The van der Waals surface area contributed by atoms with Crippen molar-refractivity contribution < 1.29 is 28.2 Å². The van der Waals surface area contributed by atoms with Crippen molar-refractivity contribution >= 4 is 30.1 Å². The van der Waals surface area contributed by atoms with Gasteiger partial charge in [0.1, 0.15) is 11.6 Å². The Hall–Kier alpha value is -2.97. The predicted molar refractivity (Wildman–Crippen MR) is 134 cm³/mol. The monoisotopic (exact) mass is 501 g/mol. The lowest BCUT2D eigenvalue weighted by Gasteiger charge is -2.37. The van der Waals surface area contributed by atoms with Gasteiger partial charge in [-0.2, -0.15) is 12.6 Å². The predicted octanol–water partition coefficient (Wildman–Crippen LogP) is 4.98. The van der Waals surface area contributed by atoms with E-state index in [0.717, 1.165) is 11.1 Å². The first kappa shape index (κ1) is 26.6. The Balaban J connectivity index is 1.89. The normalized spacial score (nSPS) is 18.7. The van der Waals surface area contributed by atoms with E-state index in [1.165, 1.54) is 24.3 Å². The van der Waals surface area contributed by atoms with Gasteiger partial charge in [0, 0.05) is 25.1 Å². The van der Waals surface area contributed by atoms with E-state index in [1.54, 1.807) is 37.3 Å². The van der Waals surface area contributed by atoms with Crippen molar-refractivity contribution in [2.45, 2.75) is 44.0 Å². The van der Waals surface area contributed by atoms with Gasteiger partial charge in [-0.3, -0.25) is 4.79 Å². The molecule has 0 saturated carbocycles. The van der Waals surface area contributed by atoms with Crippen molar-refractivity contribution in [3.05, 3.63) is 88.5 Å². The SMILES string of the molecule is CCOC1(C(=O)O)CC(CC)=C(CNC(=O)C(S)Cc2ccccc2F)C=C1c1cccc(F)c1. The Bertz CT molecular complexity index is 1160. The number of thiol groups is 1. The minimum atomic E-state index is -1.67. The van der Waals surface area contributed by atoms with Gasteiger partial charge in [-0.05, 0) is 60.7 Å². The number of ether oxygens (including phenoxy) is 1. The largest absolute Gasteiger partial charge is 0.479 e. The second-order valence-corrected chi connectivity index (χ2v) is 8.95. The Morgan fingerprint density at radius 1 is 1.17 bits per heavy atom. The van der Waals surface area contributed by atoms with E-state index in [4.69, 9.17) is 4.74 Å². The molecule has 0 aromatic heterocycles. The summed E-state index contributed by atoms with van der Waals surface area (Å²) < 4.78 is 33.8. The molecule has 3 rings (SSSR count). The lowest BCUT2D eigenvalue weighted by Crippen LogP contribution is -2.45. The summed E-state index contributed by atoms with van der Waals surface area (Å²) in [6, 6.07) is 11.9. The number of carboxylic acid groups (broad SMARTS) is 1. The fraction of sp³-hybridized carbons (Fsp3) is 0.333. The number of hydrogen-bond donors (Lipinski definition) is 3. The highest BCUT2D eigenvalue weighted by atomic mass is 32.1. The van der Waals surface area contributed by atoms with Crippen LogP contribution in [0.25, 0.3) is 5.57 Å². The summed E-state index contributed by atoms with van der Waals surface area (Å²) in [5.41, 5.74) is 0.977. The summed E-state index contributed by atoms with van der Waals surface area (Å²) in [6.45, 7) is 3.88. The molecule has 0 heterocycles. The maximum Gasteiger partial charge on any atom is 0.341 e. The van der Waals surface area contributed by atoms with Crippen LogP contribution in [-0.4, -0.2) is 41.0 Å². The zero-order valence-corrected chi connectivity index (χ0v) is 20.6. The van der Waals surface area contributed by atoms with E-state index in [-0.39, 0.29) is 31.9 Å². The zero-order valence-electron chi connectivity index (χ0n) is 19.7. The first-order chi connectivity index (χ1) is 16.7. The lowest BCUT2D eigenvalue weighted by molar-refractivity contribution is -0.157. The summed E-state index contributed by atoms with van der Waals surface area (Å²) in [5.74, 6) is -2.43. The van der Waals surface area contributed by atoms with Crippen LogP contribution in [0.1, 0.15) is 37.8 Å². The topological polar surface area (TPSA) is 75.6 Å². The van der Waals surface area contributed by atoms with E-state index >= 15 is 0 Å². The first-order valence-corrected chi connectivity index (χ1v) is 12.0. The van der Waals surface area contributed by atoms with Crippen LogP contribution in [0.3, 0.4) is 0 Å². The average molecular weight is 502 g/mol. The molecule has 35 heavy (non-hydrogen) atoms. The van der Waals surface area contributed by atoms with Crippen molar-refractivity contribution in [3.63, 3.8) is 0 Å². The maximum atomic E-state index is 14.0. The fourth-order valence-corrected chi connectivity index (χ4v) is 4.58. The Morgan fingerprint density at radius 3 is 2.54 bits per heavy atom.